The van der Waals surface area contributed by atoms with Crippen molar-refractivity contribution in [1.82, 2.24) is 0 Å². The van der Waals surface area contributed by atoms with E-state index in [1.807, 2.05) is 68.4 Å². The molecule has 2 aromatic carbocycles. The Kier molecular flexibility index (Phi) is 5.02. The Hall–Kier alpha value is -1.39. The van der Waals surface area contributed by atoms with E-state index in [0.717, 1.165) is 11.1 Å². The van der Waals surface area contributed by atoms with Crippen LogP contribution < -0.4 is 0 Å². The zero-order chi connectivity index (χ0) is 16.3. The highest BCUT2D eigenvalue weighted by molar-refractivity contribution is 6.31. The Labute approximate surface area is 142 Å². The van der Waals surface area contributed by atoms with Crippen molar-refractivity contribution < 1.29 is 14.2 Å². The molecule has 0 radical (unpaired) electrons. The number of halogens is 1. The first kappa shape index (κ1) is 16.5. The molecule has 2 aromatic rings. The van der Waals surface area contributed by atoms with Crippen molar-refractivity contribution in [2.75, 3.05) is 6.61 Å². The lowest BCUT2D eigenvalue weighted by Gasteiger charge is -2.18. The lowest BCUT2D eigenvalue weighted by Crippen LogP contribution is -2.24. The maximum absolute atomic E-state index is 6.32. The topological polar surface area (TPSA) is 27.7 Å². The van der Waals surface area contributed by atoms with Crippen LogP contribution >= 0.6 is 11.6 Å². The summed E-state index contributed by atoms with van der Waals surface area (Å²) in [6.07, 6.45) is -0.414. The zero-order valence-corrected chi connectivity index (χ0v) is 14.1. The van der Waals surface area contributed by atoms with Gasteiger partial charge in [-0.05, 0) is 25.5 Å². The van der Waals surface area contributed by atoms with Crippen molar-refractivity contribution in [1.29, 1.82) is 0 Å². The van der Waals surface area contributed by atoms with Crippen molar-refractivity contribution in [3.05, 3.63) is 70.7 Å². The average molecular weight is 333 g/mol. The van der Waals surface area contributed by atoms with Gasteiger partial charge >= 0.3 is 0 Å². The largest absolute Gasteiger partial charge is 0.374 e. The van der Waals surface area contributed by atoms with Gasteiger partial charge in [-0.25, -0.2) is 0 Å². The van der Waals surface area contributed by atoms with Crippen molar-refractivity contribution in [3.63, 3.8) is 0 Å². The molecule has 0 bridgehead atoms. The fourth-order valence-corrected chi connectivity index (χ4v) is 3.04. The fraction of sp³-hybridized carbons (Fsp3) is 0.368. The van der Waals surface area contributed by atoms with Crippen LogP contribution in [0.15, 0.2) is 54.6 Å². The van der Waals surface area contributed by atoms with Crippen molar-refractivity contribution >= 4 is 11.6 Å². The summed E-state index contributed by atoms with van der Waals surface area (Å²) in [4.78, 5) is 0. The van der Waals surface area contributed by atoms with Gasteiger partial charge < -0.3 is 14.2 Å². The third-order valence-electron chi connectivity index (χ3n) is 3.79. The molecule has 1 aliphatic heterocycles. The molecule has 2 atom stereocenters. The van der Waals surface area contributed by atoms with Crippen LogP contribution in [0.1, 0.15) is 31.1 Å². The molecule has 0 amide bonds. The van der Waals surface area contributed by atoms with E-state index in [4.69, 9.17) is 25.8 Å². The summed E-state index contributed by atoms with van der Waals surface area (Å²) < 4.78 is 17.9. The van der Waals surface area contributed by atoms with E-state index in [0.29, 0.717) is 18.2 Å². The van der Waals surface area contributed by atoms with Crippen LogP contribution in [-0.4, -0.2) is 18.5 Å². The minimum absolute atomic E-state index is 0.186. The summed E-state index contributed by atoms with van der Waals surface area (Å²) in [6.45, 7) is 4.83. The summed E-state index contributed by atoms with van der Waals surface area (Å²) in [5, 5.41) is 0.687. The molecule has 0 aliphatic carbocycles. The third-order valence-corrected chi connectivity index (χ3v) is 4.13. The van der Waals surface area contributed by atoms with Gasteiger partial charge in [0.2, 0.25) is 0 Å². The lowest BCUT2D eigenvalue weighted by atomic mass is 10.1. The van der Waals surface area contributed by atoms with Gasteiger partial charge in [-0.3, -0.25) is 0 Å². The number of ether oxygens (including phenoxy) is 3. The molecule has 1 aliphatic rings. The molecule has 1 unspecified atom stereocenters. The predicted molar refractivity (Wildman–Crippen MR) is 90.3 cm³/mol. The Morgan fingerprint density at radius 1 is 1.00 bits per heavy atom. The molecule has 0 spiro atoms. The molecule has 0 N–H and O–H groups in total. The predicted octanol–water partition coefficient (Wildman–Crippen LogP) is 4.75. The van der Waals surface area contributed by atoms with Crippen LogP contribution in [0, 0.1) is 0 Å². The average Bonchev–Trinajstić information content (AvgIpc) is 2.84. The number of rotatable bonds is 5. The summed E-state index contributed by atoms with van der Waals surface area (Å²) in [5.41, 5.74) is 2.08. The first-order valence-electron chi connectivity index (χ1n) is 7.77. The minimum atomic E-state index is -0.648. The summed E-state index contributed by atoms with van der Waals surface area (Å²) in [6, 6.07) is 17.8. The van der Waals surface area contributed by atoms with Crippen molar-refractivity contribution in [3.8, 4) is 0 Å². The Bertz CT molecular complexity index is 642. The quantitative estimate of drug-likeness (QED) is 0.790. The molecule has 3 rings (SSSR count). The van der Waals surface area contributed by atoms with Crippen molar-refractivity contribution in [2.24, 2.45) is 0 Å². The number of hydrogen-bond donors (Lipinski definition) is 0. The second kappa shape index (κ2) is 7.02. The number of benzene rings is 2. The third kappa shape index (κ3) is 4.12. The van der Waals surface area contributed by atoms with Gasteiger partial charge in [0.05, 0.1) is 13.2 Å². The summed E-state index contributed by atoms with van der Waals surface area (Å²) >= 11 is 6.32. The maximum atomic E-state index is 6.32. The molecule has 0 aromatic heterocycles. The molecule has 3 nitrogen and oxygen atoms in total. The monoisotopic (exact) mass is 332 g/mol. The van der Waals surface area contributed by atoms with Crippen molar-refractivity contribution in [2.45, 2.75) is 38.4 Å². The van der Waals surface area contributed by atoms with E-state index in [1.165, 1.54) is 0 Å². The van der Waals surface area contributed by atoms with Crippen LogP contribution in [0.5, 0.6) is 0 Å². The first-order chi connectivity index (χ1) is 11.1. The van der Waals surface area contributed by atoms with Crippen LogP contribution in [0.25, 0.3) is 0 Å². The highest BCUT2D eigenvalue weighted by Gasteiger charge is 2.42. The van der Waals surface area contributed by atoms with E-state index in [9.17, 15) is 0 Å². The molecule has 122 valence electrons. The van der Waals surface area contributed by atoms with Gasteiger partial charge in [0.25, 0.3) is 0 Å². The van der Waals surface area contributed by atoms with Gasteiger partial charge in [-0.1, -0.05) is 60.1 Å². The Morgan fingerprint density at radius 2 is 1.70 bits per heavy atom. The van der Waals surface area contributed by atoms with Crippen LogP contribution in [0.4, 0.5) is 0 Å². The van der Waals surface area contributed by atoms with Gasteiger partial charge in [0, 0.05) is 10.6 Å². The fourth-order valence-electron chi connectivity index (χ4n) is 2.79. The van der Waals surface area contributed by atoms with Crippen LogP contribution in [0.3, 0.4) is 0 Å². The SMILES string of the molecule is CC1(C)OC(c2ccccc2Cl)[C@H](COCc2ccccc2)O1. The molecule has 0 saturated carbocycles. The standard InChI is InChI=1S/C19H21ClO3/c1-19(2)22-17(13-21-12-14-8-4-3-5-9-14)18(23-19)15-10-6-7-11-16(15)20/h3-11,17-18H,12-13H2,1-2H3/t17-,18?/m0/s1. The highest BCUT2D eigenvalue weighted by Crippen LogP contribution is 2.40. The second-order valence-corrected chi connectivity index (χ2v) is 6.52. The maximum Gasteiger partial charge on any atom is 0.164 e. The van der Waals surface area contributed by atoms with Gasteiger partial charge in [0.15, 0.2) is 5.79 Å². The Morgan fingerprint density at radius 3 is 2.43 bits per heavy atom. The lowest BCUT2D eigenvalue weighted by molar-refractivity contribution is -0.151. The molecule has 1 fully saturated rings. The molecular formula is C19H21ClO3. The zero-order valence-electron chi connectivity index (χ0n) is 13.4. The normalized spacial score (nSPS) is 23.1. The van der Waals surface area contributed by atoms with E-state index in [2.05, 4.69) is 0 Å². The molecular weight excluding hydrogens is 312 g/mol. The first-order valence-corrected chi connectivity index (χ1v) is 8.15. The highest BCUT2D eigenvalue weighted by atomic mass is 35.5. The summed E-state index contributed by atoms with van der Waals surface area (Å²) in [7, 11) is 0. The van der Waals surface area contributed by atoms with Gasteiger partial charge in [0.1, 0.15) is 12.2 Å². The number of hydrogen-bond acceptors (Lipinski definition) is 3. The van der Waals surface area contributed by atoms with E-state index < -0.39 is 5.79 Å². The molecule has 4 heteroatoms. The van der Waals surface area contributed by atoms with Gasteiger partial charge in [-0.15, -0.1) is 0 Å². The van der Waals surface area contributed by atoms with E-state index in [-0.39, 0.29) is 12.2 Å². The van der Waals surface area contributed by atoms with Gasteiger partial charge in [-0.2, -0.15) is 0 Å². The van der Waals surface area contributed by atoms with E-state index in [1.54, 1.807) is 0 Å². The molecule has 1 saturated heterocycles. The molecule has 23 heavy (non-hydrogen) atoms. The Balaban J connectivity index is 1.67. The van der Waals surface area contributed by atoms with E-state index >= 15 is 0 Å². The smallest absolute Gasteiger partial charge is 0.164 e. The summed E-state index contributed by atoms with van der Waals surface area (Å²) in [5.74, 6) is -0.648. The van der Waals surface area contributed by atoms with Crippen LogP contribution in [0.2, 0.25) is 5.02 Å². The molecule has 1 heterocycles. The minimum Gasteiger partial charge on any atom is -0.374 e. The van der Waals surface area contributed by atoms with Crippen LogP contribution in [-0.2, 0) is 20.8 Å². The second-order valence-electron chi connectivity index (χ2n) is 6.12.